The zero-order chi connectivity index (χ0) is 9.68. The van der Waals surface area contributed by atoms with Crippen LogP contribution in [-0.4, -0.2) is 13.6 Å². The van der Waals surface area contributed by atoms with Gasteiger partial charge in [-0.3, -0.25) is 0 Å². The van der Waals surface area contributed by atoms with Crippen molar-refractivity contribution in [2.45, 2.75) is 0 Å². The number of nitrogens with one attached hydrogen (secondary N) is 1. The van der Waals surface area contributed by atoms with E-state index in [4.69, 9.17) is 23.2 Å². The van der Waals surface area contributed by atoms with Gasteiger partial charge < -0.3 is 5.32 Å². The molecule has 0 bridgehead atoms. The molecule has 0 unspecified atom stereocenters. The summed E-state index contributed by atoms with van der Waals surface area (Å²) < 4.78 is 0. The molecule has 1 rings (SSSR count). The van der Waals surface area contributed by atoms with E-state index in [-0.39, 0.29) is 0 Å². The van der Waals surface area contributed by atoms with Crippen LogP contribution in [0, 0.1) is 11.8 Å². The maximum absolute atomic E-state index is 5.90. The quantitative estimate of drug-likeness (QED) is 0.708. The highest BCUT2D eigenvalue weighted by atomic mass is 35.5. The third-order valence-electron chi connectivity index (χ3n) is 1.44. The van der Waals surface area contributed by atoms with Crippen molar-refractivity contribution < 1.29 is 0 Å². The number of benzene rings is 1. The normalized spacial score (nSPS) is 9.15. The second kappa shape index (κ2) is 5.14. The molecule has 13 heavy (non-hydrogen) atoms. The molecule has 1 nitrogen and oxygen atoms in total. The standard InChI is InChI=1S/C10H9Cl2N/c1-13-7-3-4-8-9(11)5-2-6-10(8)12/h2,5-6,13H,7H2,1H3. The Balaban J connectivity index is 2.95. The molecule has 0 heterocycles. The monoisotopic (exact) mass is 213 g/mol. The van der Waals surface area contributed by atoms with Crippen molar-refractivity contribution in [3.63, 3.8) is 0 Å². The summed E-state index contributed by atoms with van der Waals surface area (Å²) in [5.74, 6) is 5.81. The summed E-state index contributed by atoms with van der Waals surface area (Å²) in [5.41, 5.74) is 0.695. The molecule has 0 aromatic heterocycles. The summed E-state index contributed by atoms with van der Waals surface area (Å²) in [6.45, 7) is 0.627. The molecule has 1 aromatic rings. The van der Waals surface area contributed by atoms with Crippen LogP contribution in [0.1, 0.15) is 5.56 Å². The Hall–Kier alpha value is -0.680. The summed E-state index contributed by atoms with van der Waals surface area (Å²) in [5, 5.41) is 4.10. The Morgan fingerprint density at radius 3 is 2.46 bits per heavy atom. The molecule has 1 aromatic carbocycles. The predicted octanol–water partition coefficient (Wildman–Crippen LogP) is 2.56. The summed E-state index contributed by atoms with van der Waals surface area (Å²) in [6, 6.07) is 5.35. The van der Waals surface area contributed by atoms with E-state index >= 15 is 0 Å². The van der Waals surface area contributed by atoms with E-state index in [0.29, 0.717) is 22.2 Å². The number of halogens is 2. The predicted molar refractivity (Wildman–Crippen MR) is 57.3 cm³/mol. The topological polar surface area (TPSA) is 12.0 Å². The minimum absolute atomic E-state index is 0.594. The van der Waals surface area contributed by atoms with Crippen LogP contribution < -0.4 is 5.32 Å². The van der Waals surface area contributed by atoms with Gasteiger partial charge in [0, 0.05) is 0 Å². The van der Waals surface area contributed by atoms with Crippen molar-refractivity contribution in [2.24, 2.45) is 0 Å². The lowest BCUT2D eigenvalue weighted by Crippen LogP contribution is -2.04. The van der Waals surface area contributed by atoms with Crippen LogP contribution in [0.3, 0.4) is 0 Å². The number of rotatable bonds is 1. The van der Waals surface area contributed by atoms with Gasteiger partial charge in [0.25, 0.3) is 0 Å². The first-order valence-corrected chi connectivity index (χ1v) is 4.59. The zero-order valence-electron chi connectivity index (χ0n) is 7.20. The lowest BCUT2D eigenvalue weighted by Gasteiger charge is -1.97. The zero-order valence-corrected chi connectivity index (χ0v) is 8.71. The molecular weight excluding hydrogens is 205 g/mol. The summed E-state index contributed by atoms with van der Waals surface area (Å²) >= 11 is 11.8. The van der Waals surface area contributed by atoms with Crippen molar-refractivity contribution in [3.8, 4) is 11.8 Å². The second-order valence-corrected chi connectivity index (χ2v) is 3.24. The van der Waals surface area contributed by atoms with E-state index < -0.39 is 0 Å². The fourth-order valence-electron chi connectivity index (χ4n) is 0.838. The van der Waals surface area contributed by atoms with Gasteiger partial charge in [0.1, 0.15) is 0 Å². The van der Waals surface area contributed by atoms with Gasteiger partial charge >= 0.3 is 0 Å². The fraction of sp³-hybridized carbons (Fsp3) is 0.200. The van der Waals surface area contributed by atoms with Gasteiger partial charge in [-0.05, 0) is 19.2 Å². The van der Waals surface area contributed by atoms with Crippen molar-refractivity contribution in [2.75, 3.05) is 13.6 Å². The minimum atomic E-state index is 0.594. The van der Waals surface area contributed by atoms with Gasteiger partial charge in [-0.15, -0.1) is 0 Å². The van der Waals surface area contributed by atoms with E-state index in [2.05, 4.69) is 17.2 Å². The van der Waals surface area contributed by atoms with Gasteiger partial charge in [-0.25, -0.2) is 0 Å². The maximum atomic E-state index is 5.90. The van der Waals surface area contributed by atoms with Crippen molar-refractivity contribution in [1.29, 1.82) is 0 Å². The van der Waals surface area contributed by atoms with Crippen molar-refractivity contribution >= 4 is 23.2 Å². The summed E-state index contributed by atoms with van der Waals surface area (Å²) in [6.07, 6.45) is 0. The Labute approximate surface area is 88.0 Å². The van der Waals surface area contributed by atoms with Crippen LogP contribution in [0.2, 0.25) is 10.0 Å². The molecule has 0 aliphatic carbocycles. The molecule has 0 amide bonds. The smallest absolute Gasteiger partial charge is 0.0618 e. The molecule has 0 fully saturated rings. The first-order valence-electron chi connectivity index (χ1n) is 3.83. The largest absolute Gasteiger partial charge is 0.309 e. The fourth-order valence-corrected chi connectivity index (χ4v) is 1.33. The average Bonchev–Trinajstić information content (AvgIpc) is 2.10. The molecule has 0 saturated heterocycles. The first-order chi connectivity index (χ1) is 6.25. The molecule has 0 atom stereocenters. The van der Waals surface area contributed by atoms with E-state index in [1.54, 1.807) is 18.2 Å². The Kier molecular flexibility index (Phi) is 4.11. The molecule has 0 spiro atoms. The molecule has 68 valence electrons. The van der Waals surface area contributed by atoms with Crippen LogP contribution in [0.15, 0.2) is 18.2 Å². The SMILES string of the molecule is CNCC#Cc1c(Cl)cccc1Cl. The molecule has 1 N–H and O–H groups in total. The Bertz CT molecular complexity index is 329. The van der Waals surface area contributed by atoms with E-state index in [1.807, 2.05) is 7.05 Å². The van der Waals surface area contributed by atoms with Gasteiger partial charge in [-0.1, -0.05) is 41.1 Å². The van der Waals surface area contributed by atoms with Crippen LogP contribution in [0.4, 0.5) is 0 Å². The highest BCUT2D eigenvalue weighted by Gasteiger charge is 2.00. The van der Waals surface area contributed by atoms with Crippen LogP contribution in [-0.2, 0) is 0 Å². The second-order valence-electron chi connectivity index (χ2n) is 2.43. The van der Waals surface area contributed by atoms with E-state index in [9.17, 15) is 0 Å². The van der Waals surface area contributed by atoms with Gasteiger partial charge in [0.2, 0.25) is 0 Å². The third kappa shape index (κ3) is 2.93. The van der Waals surface area contributed by atoms with Gasteiger partial charge in [-0.2, -0.15) is 0 Å². The molecule has 3 heteroatoms. The summed E-state index contributed by atoms with van der Waals surface area (Å²) in [7, 11) is 1.84. The van der Waals surface area contributed by atoms with Crippen molar-refractivity contribution in [3.05, 3.63) is 33.8 Å². The molecule has 0 radical (unpaired) electrons. The third-order valence-corrected chi connectivity index (χ3v) is 2.07. The lowest BCUT2D eigenvalue weighted by molar-refractivity contribution is 0.938. The van der Waals surface area contributed by atoms with E-state index in [1.165, 1.54) is 0 Å². The van der Waals surface area contributed by atoms with Crippen LogP contribution >= 0.6 is 23.2 Å². The van der Waals surface area contributed by atoms with E-state index in [0.717, 1.165) is 0 Å². The highest BCUT2D eigenvalue weighted by molar-refractivity contribution is 6.36. The average molecular weight is 214 g/mol. The molecule has 0 aliphatic heterocycles. The lowest BCUT2D eigenvalue weighted by atomic mass is 10.2. The maximum Gasteiger partial charge on any atom is 0.0618 e. The van der Waals surface area contributed by atoms with Crippen molar-refractivity contribution in [1.82, 2.24) is 5.32 Å². The number of hydrogen-bond donors (Lipinski definition) is 1. The summed E-state index contributed by atoms with van der Waals surface area (Å²) in [4.78, 5) is 0. The molecule has 0 saturated carbocycles. The molecular formula is C10H9Cl2N. The minimum Gasteiger partial charge on any atom is -0.309 e. The Morgan fingerprint density at radius 2 is 1.92 bits per heavy atom. The Morgan fingerprint density at radius 1 is 1.31 bits per heavy atom. The highest BCUT2D eigenvalue weighted by Crippen LogP contribution is 2.22. The van der Waals surface area contributed by atoms with Crippen LogP contribution in [0.5, 0.6) is 0 Å². The number of hydrogen-bond acceptors (Lipinski definition) is 1. The van der Waals surface area contributed by atoms with Gasteiger partial charge in [0.15, 0.2) is 0 Å². The van der Waals surface area contributed by atoms with Crippen LogP contribution in [0.25, 0.3) is 0 Å². The molecule has 0 aliphatic rings. The van der Waals surface area contributed by atoms with Gasteiger partial charge in [0.05, 0.1) is 22.2 Å². The first kappa shape index (κ1) is 10.4.